The molecular weight excluding hydrogens is 221 g/mol. The van der Waals surface area contributed by atoms with E-state index in [-0.39, 0.29) is 0 Å². The van der Waals surface area contributed by atoms with Gasteiger partial charge in [0.2, 0.25) is 0 Å². The summed E-state index contributed by atoms with van der Waals surface area (Å²) in [5, 5.41) is 0. The zero-order chi connectivity index (χ0) is 7.56. The highest BCUT2D eigenvalue weighted by Crippen LogP contribution is 1.98. The fraction of sp³-hybridized carbons (Fsp3) is 0. The Morgan fingerprint density at radius 2 is 2.50 bits per heavy atom. The third-order valence-corrected chi connectivity index (χ3v) is 1.59. The lowest BCUT2D eigenvalue weighted by Gasteiger charge is -1.94. The minimum atomic E-state index is -0.411. The van der Waals surface area contributed by atoms with Crippen LogP contribution in [-0.4, -0.2) is 8.58 Å². The zero-order valence-corrected chi connectivity index (χ0v) is 7.06. The van der Waals surface area contributed by atoms with E-state index in [9.17, 15) is 4.79 Å². The summed E-state index contributed by atoms with van der Waals surface area (Å²) in [6.45, 7) is 0. The van der Waals surface area contributed by atoms with Crippen LogP contribution < -0.4 is 10.5 Å². The molecule has 10 heavy (non-hydrogen) atoms. The molecule has 0 saturated carbocycles. The number of aromatic nitrogens is 2. The first kappa shape index (κ1) is 7.56. The smallest absolute Gasteiger partial charge is 0.282 e. The normalized spacial score (nSPS) is 9.40. The Kier molecular flexibility index (Phi) is 2.29. The lowest BCUT2D eigenvalue weighted by molar-refractivity contribution is 1.04. The predicted molar refractivity (Wildman–Crippen MR) is 42.3 cm³/mol. The maximum absolute atomic E-state index is 10.7. The van der Waals surface area contributed by atoms with Crippen molar-refractivity contribution in [2.75, 3.05) is 4.84 Å². The molecule has 1 aromatic heterocycles. The first-order chi connectivity index (χ1) is 4.74. The third kappa shape index (κ3) is 1.48. The van der Waals surface area contributed by atoms with Gasteiger partial charge in [0.15, 0.2) is 0 Å². The second-order valence-electron chi connectivity index (χ2n) is 1.50. The van der Waals surface area contributed by atoms with Crippen LogP contribution in [0.15, 0.2) is 17.1 Å². The number of anilines is 1. The molecule has 1 rings (SSSR count). The monoisotopic (exact) mass is 223 g/mol. The van der Waals surface area contributed by atoms with Gasteiger partial charge in [0.1, 0.15) is 5.82 Å². The van der Waals surface area contributed by atoms with Crippen molar-refractivity contribution in [3.05, 3.63) is 22.7 Å². The number of rotatable bonds is 1. The van der Waals surface area contributed by atoms with E-state index in [0.29, 0.717) is 5.82 Å². The van der Waals surface area contributed by atoms with Crippen LogP contribution in [0.1, 0.15) is 0 Å². The van der Waals surface area contributed by atoms with Crippen molar-refractivity contribution in [1.29, 1.82) is 0 Å². The van der Waals surface area contributed by atoms with Crippen LogP contribution in [0.25, 0.3) is 0 Å². The van der Waals surface area contributed by atoms with Crippen LogP contribution >= 0.6 is 27.9 Å². The van der Waals surface area contributed by atoms with E-state index in [1.807, 2.05) is 0 Å². The maximum atomic E-state index is 10.7. The van der Waals surface area contributed by atoms with Gasteiger partial charge in [-0.1, -0.05) is 0 Å². The van der Waals surface area contributed by atoms with Gasteiger partial charge in [-0.15, -0.1) is 0 Å². The molecule has 0 aliphatic carbocycles. The molecule has 6 heteroatoms. The maximum Gasteiger partial charge on any atom is 0.359 e. The Labute approximate surface area is 70.3 Å². The topological polar surface area (TPSA) is 46.9 Å². The highest BCUT2D eigenvalue weighted by atomic mass is 79.9. The summed E-state index contributed by atoms with van der Waals surface area (Å²) < 4.78 is 1.17. The Morgan fingerprint density at radius 3 is 3.00 bits per heavy atom. The van der Waals surface area contributed by atoms with E-state index in [0.717, 1.165) is 0 Å². The summed E-state index contributed by atoms with van der Waals surface area (Å²) in [6, 6.07) is 1.56. The molecule has 1 aromatic rings. The highest BCUT2D eigenvalue weighted by molar-refractivity contribution is 9.08. The van der Waals surface area contributed by atoms with E-state index in [1.165, 1.54) is 9.79 Å². The standard InChI is InChI=1S/C4H3BrClN3O/c5-9-2-1-3(8-6)7-4(9)10/h1-2H,(H,7,8,10). The molecule has 0 aliphatic rings. The Morgan fingerprint density at radius 1 is 1.80 bits per heavy atom. The van der Waals surface area contributed by atoms with Crippen molar-refractivity contribution in [3.8, 4) is 0 Å². The van der Waals surface area contributed by atoms with Gasteiger partial charge in [-0.2, -0.15) is 4.98 Å². The first-order valence-electron chi connectivity index (χ1n) is 2.36. The van der Waals surface area contributed by atoms with Crippen molar-refractivity contribution in [2.45, 2.75) is 0 Å². The Balaban J connectivity index is 3.17. The summed E-state index contributed by atoms with van der Waals surface area (Å²) in [6.07, 6.45) is 1.50. The number of nitrogens with zero attached hydrogens (tertiary/aromatic N) is 2. The number of halogens is 2. The van der Waals surface area contributed by atoms with Gasteiger partial charge < -0.3 is 0 Å². The van der Waals surface area contributed by atoms with Crippen LogP contribution in [0.5, 0.6) is 0 Å². The zero-order valence-electron chi connectivity index (χ0n) is 4.71. The van der Waals surface area contributed by atoms with Gasteiger partial charge in [0.25, 0.3) is 0 Å². The average molecular weight is 224 g/mol. The van der Waals surface area contributed by atoms with Crippen LogP contribution in [0.4, 0.5) is 5.82 Å². The lowest BCUT2D eigenvalue weighted by atomic mass is 10.6. The van der Waals surface area contributed by atoms with Gasteiger partial charge in [-0.25, -0.2) is 8.39 Å². The van der Waals surface area contributed by atoms with E-state index in [4.69, 9.17) is 11.8 Å². The van der Waals surface area contributed by atoms with Crippen molar-refractivity contribution in [2.24, 2.45) is 0 Å². The molecule has 54 valence electrons. The molecule has 1 heterocycles. The predicted octanol–water partition coefficient (Wildman–Crippen LogP) is 0.967. The Hall–Kier alpha value is -0.550. The molecule has 0 fully saturated rings. The van der Waals surface area contributed by atoms with Gasteiger partial charge in [-0.05, 0) is 6.07 Å². The molecule has 4 nitrogen and oxygen atoms in total. The van der Waals surface area contributed by atoms with Crippen molar-refractivity contribution in [3.63, 3.8) is 0 Å². The average Bonchev–Trinajstić information content (AvgIpc) is 1.95. The molecule has 0 radical (unpaired) electrons. The summed E-state index contributed by atoms with van der Waals surface area (Å²) in [4.78, 5) is 16.4. The second kappa shape index (κ2) is 3.03. The Bertz CT molecular complexity index is 286. The first-order valence-corrected chi connectivity index (χ1v) is 3.45. The lowest BCUT2D eigenvalue weighted by Crippen LogP contribution is -2.15. The molecule has 0 bridgehead atoms. The summed E-state index contributed by atoms with van der Waals surface area (Å²) >= 11 is 8.10. The van der Waals surface area contributed by atoms with Crippen molar-refractivity contribution < 1.29 is 0 Å². The fourth-order valence-corrected chi connectivity index (χ4v) is 0.743. The van der Waals surface area contributed by atoms with Crippen LogP contribution in [0.3, 0.4) is 0 Å². The molecule has 0 aromatic carbocycles. The number of hydrogen-bond donors (Lipinski definition) is 1. The summed E-state index contributed by atoms with van der Waals surface area (Å²) in [5.74, 6) is 0.336. The highest BCUT2D eigenvalue weighted by Gasteiger charge is 1.93. The molecule has 0 saturated heterocycles. The summed E-state index contributed by atoms with van der Waals surface area (Å²) in [7, 11) is 0. The quantitative estimate of drug-likeness (QED) is 0.723. The van der Waals surface area contributed by atoms with Crippen LogP contribution in [0, 0.1) is 0 Å². The molecule has 0 spiro atoms. The van der Waals surface area contributed by atoms with E-state index >= 15 is 0 Å². The van der Waals surface area contributed by atoms with Gasteiger partial charge in [0, 0.05) is 18.0 Å². The van der Waals surface area contributed by atoms with Gasteiger partial charge in [-0.3, -0.25) is 4.84 Å². The van der Waals surface area contributed by atoms with Gasteiger partial charge in [0.05, 0.1) is 16.1 Å². The number of nitrogens with one attached hydrogen (secondary N) is 1. The van der Waals surface area contributed by atoms with E-state index in [1.54, 1.807) is 6.07 Å². The van der Waals surface area contributed by atoms with Crippen LogP contribution in [0.2, 0.25) is 0 Å². The molecular formula is C4H3BrClN3O. The second-order valence-corrected chi connectivity index (χ2v) is 2.45. The molecule has 0 amide bonds. The van der Waals surface area contributed by atoms with E-state index in [2.05, 4.69) is 26.0 Å². The van der Waals surface area contributed by atoms with Crippen LogP contribution in [-0.2, 0) is 0 Å². The largest absolute Gasteiger partial charge is 0.359 e. The molecule has 1 N–H and O–H groups in total. The molecule has 0 unspecified atom stereocenters. The fourth-order valence-electron chi connectivity index (χ4n) is 0.441. The number of hydrogen-bond acceptors (Lipinski definition) is 3. The van der Waals surface area contributed by atoms with Gasteiger partial charge >= 0.3 is 5.69 Å². The van der Waals surface area contributed by atoms with E-state index < -0.39 is 5.69 Å². The minimum absolute atomic E-state index is 0.336. The third-order valence-electron chi connectivity index (χ3n) is 0.859. The molecule has 0 atom stereocenters. The summed E-state index contributed by atoms with van der Waals surface area (Å²) in [5.41, 5.74) is -0.411. The minimum Gasteiger partial charge on any atom is -0.282 e. The molecule has 0 aliphatic heterocycles. The SMILES string of the molecule is O=c1nc(NCl)ccn1Br. The van der Waals surface area contributed by atoms with Crippen molar-refractivity contribution >= 4 is 33.7 Å². The van der Waals surface area contributed by atoms with Crippen molar-refractivity contribution in [1.82, 2.24) is 8.58 Å².